The van der Waals surface area contributed by atoms with E-state index in [0.717, 1.165) is 29.1 Å². The van der Waals surface area contributed by atoms with Crippen LogP contribution >= 0.6 is 0 Å². The Kier molecular flexibility index (Phi) is 6.10. The molecule has 1 aromatic carbocycles. The smallest absolute Gasteiger partial charge is 0.303 e. The normalized spacial score (nSPS) is 18.6. The molecule has 2 N–H and O–H groups in total. The zero-order valence-electron chi connectivity index (χ0n) is 17.8. The van der Waals surface area contributed by atoms with E-state index in [4.69, 9.17) is 5.11 Å². The number of nitrogens with one attached hydrogen (secondary N) is 1. The summed E-state index contributed by atoms with van der Waals surface area (Å²) >= 11 is 0. The minimum Gasteiger partial charge on any atom is -0.481 e. The Morgan fingerprint density at radius 2 is 1.87 bits per heavy atom. The molecule has 30 heavy (non-hydrogen) atoms. The molecule has 0 aliphatic heterocycles. The zero-order valence-corrected chi connectivity index (χ0v) is 17.8. The number of aliphatic carboxylic acids is 1. The third-order valence-electron chi connectivity index (χ3n) is 5.49. The molecular formula is C23H28FN3O3. The molecule has 160 valence electrons. The molecule has 1 heterocycles. The molecule has 3 rings (SSSR count). The molecule has 7 heteroatoms. The fourth-order valence-corrected chi connectivity index (χ4v) is 4.21. The number of carbonyl (C=O) groups is 2. The van der Waals surface area contributed by atoms with Gasteiger partial charge in [-0.25, -0.2) is 9.07 Å². The molecule has 0 bridgehead atoms. The van der Waals surface area contributed by atoms with Gasteiger partial charge in [-0.15, -0.1) is 0 Å². The van der Waals surface area contributed by atoms with Crippen LogP contribution < -0.4 is 5.32 Å². The van der Waals surface area contributed by atoms with Crippen LogP contribution in [0.3, 0.4) is 0 Å². The Balaban J connectivity index is 1.67. The van der Waals surface area contributed by atoms with Gasteiger partial charge < -0.3 is 10.4 Å². The van der Waals surface area contributed by atoms with E-state index >= 15 is 0 Å². The van der Waals surface area contributed by atoms with Gasteiger partial charge in [0.1, 0.15) is 5.82 Å². The highest BCUT2D eigenvalue weighted by Gasteiger charge is 2.29. The fourth-order valence-electron chi connectivity index (χ4n) is 4.21. The maximum atomic E-state index is 13.2. The van der Waals surface area contributed by atoms with Gasteiger partial charge in [0.25, 0.3) is 0 Å². The molecule has 0 saturated heterocycles. The number of hydrogen-bond acceptors (Lipinski definition) is 3. The molecule has 0 spiro atoms. The predicted molar refractivity (Wildman–Crippen MR) is 112 cm³/mol. The van der Waals surface area contributed by atoms with Crippen LogP contribution in [0.1, 0.15) is 56.0 Å². The lowest BCUT2D eigenvalue weighted by atomic mass is 9.85. The van der Waals surface area contributed by atoms with Crippen molar-refractivity contribution in [2.75, 3.05) is 0 Å². The number of carbonyl (C=O) groups excluding carboxylic acids is 1. The number of carboxylic acid groups (broad SMARTS) is 1. The fraction of sp³-hybridized carbons (Fsp3) is 0.435. The number of halogens is 1. The van der Waals surface area contributed by atoms with Crippen molar-refractivity contribution in [1.29, 1.82) is 0 Å². The SMILES string of the molecule is Cc1nn(-c2ccc(F)cc2)c(C)c1C1C=CC(NC(=O)CC(C)(C)CC(=O)O)C1. The lowest BCUT2D eigenvalue weighted by molar-refractivity contribution is -0.139. The summed E-state index contributed by atoms with van der Waals surface area (Å²) in [6.07, 6.45) is 4.90. The van der Waals surface area contributed by atoms with Gasteiger partial charge in [0, 0.05) is 29.6 Å². The lowest BCUT2D eigenvalue weighted by Gasteiger charge is -2.23. The number of benzene rings is 1. The second-order valence-corrected chi connectivity index (χ2v) is 8.79. The first-order valence-corrected chi connectivity index (χ1v) is 10.1. The number of nitrogens with zero attached hydrogens (tertiary/aromatic N) is 2. The van der Waals surface area contributed by atoms with Gasteiger partial charge in [-0.1, -0.05) is 26.0 Å². The van der Waals surface area contributed by atoms with E-state index in [2.05, 4.69) is 16.5 Å². The Morgan fingerprint density at radius 3 is 2.50 bits per heavy atom. The molecule has 1 amide bonds. The number of carboxylic acids is 1. The van der Waals surface area contributed by atoms with Crippen molar-refractivity contribution in [3.8, 4) is 5.69 Å². The number of rotatable bonds is 7. The second kappa shape index (κ2) is 8.42. The van der Waals surface area contributed by atoms with Crippen molar-refractivity contribution in [3.05, 3.63) is 59.2 Å². The Morgan fingerprint density at radius 1 is 1.20 bits per heavy atom. The highest BCUT2D eigenvalue weighted by atomic mass is 19.1. The van der Waals surface area contributed by atoms with Crippen molar-refractivity contribution >= 4 is 11.9 Å². The molecule has 1 aromatic heterocycles. The molecule has 0 saturated carbocycles. The van der Waals surface area contributed by atoms with Gasteiger partial charge in [-0.05, 0) is 49.9 Å². The van der Waals surface area contributed by atoms with Crippen molar-refractivity contribution < 1.29 is 19.1 Å². The van der Waals surface area contributed by atoms with Crippen LogP contribution in [0, 0.1) is 25.1 Å². The quantitative estimate of drug-likeness (QED) is 0.671. The highest BCUT2D eigenvalue weighted by Crippen LogP contribution is 2.34. The summed E-state index contributed by atoms with van der Waals surface area (Å²) in [5.74, 6) is -1.22. The van der Waals surface area contributed by atoms with Gasteiger partial charge in [-0.3, -0.25) is 9.59 Å². The first-order valence-electron chi connectivity index (χ1n) is 10.1. The summed E-state index contributed by atoms with van der Waals surface area (Å²) in [5.41, 5.74) is 3.21. The van der Waals surface area contributed by atoms with Crippen LogP contribution in [0.25, 0.3) is 5.69 Å². The van der Waals surface area contributed by atoms with Gasteiger partial charge in [0.05, 0.1) is 17.8 Å². The first kappa shape index (κ1) is 21.7. The van der Waals surface area contributed by atoms with Crippen LogP contribution in [-0.4, -0.2) is 32.8 Å². The van der Waals surface area contributed by atoms with Crippen molar-refractivity contribution in [2.24, 2.45) is 5.41 Å². The molecule has 2 atom stereocenters. The summed E-state index contributed by atoms with van der Waals surface area (Å²) in [6, 6.07) is 6.13. The van der Waals surface area contributed by atoms with E-state index in [9.17, 15) is 14.0 Å². The largest absolute Gasteiger partial charge is 0.481 e. The minimum atomic E-state index is -0.905. The van der Waals surface area contributed by atoms with Crippen molar-refractivity contribution in [2.45, 2.75) is 58.9 Å². The van der Waals surface area contributed by atoms with E-state index in [1.807, 2.05) is 24.6 Å². The van der Waals surface area contributed by atoms with E-state index in [1.165, 1.54) is 12.1 Å². The number of aryl methyl sites for hydroxylation is 1. The molecule has 0 radical (unpaired) electrons. The summed E-state index contributed by atoms with van der Waals surface area (Å²) < 4.78 is 15.1. The van der Waals surface area contributed by atoms with Gasteiger partial charge >= 0.3 is 5.97 Å². The van der Waals surface area contributed by atoms with Crippen LogP contribution in [-0.2, 0) is 9.59 Å². The number of hydrogen-bond donors (Lipinski definition) is 2. The minimum absolute atomic E-state index is 0.0511. The molecule has 6 nitrogen and oxygen atoms in total. The molecule has 1 aliphatic rings. The van der Waals surface area contributed by atoms with Crippen LogP contribution in [0.5, 0.6) is 0 Å². The van der Waals surface area contributed by atoms with Crippen LogP contribution in [0.4, 0.5) is 4.39 Å². The van der Waals surface area contributed by atoms with E-state index in [-0.39, 0.29) is 36.5 Å². The molecule has 0 fully saturated rings. The second-order valence-electron chi connectivity index (χ2n) is 8.79. The van der Waals surface area contributed by atoms with Crippen LogP contribution in [0.15, 0.2) is 36.4 Å². The van der Waals surface area contributed by atoms with Crippen LogP contribution in [0.2, 0.25) is 0 Å². The number of allylic oxidation sites excluding steroid dienone is 1. The summed E-state index contributed by atoms with van der Waals surface area (Å²) in [7, 11) is 0. The third-order valence-corrected chi connectivity index (χ3v) is 5.49. The zero-order chi connectivity index (χ0) is 22.1. The lowest BCUT2D eigenvalue weighted by Crippen LogP contribution is -2.36. The van der Waals surface area contributed by atoms with Crippen molar-refractivity contribution in [3.63, 3.8) is 0 Å². The van der Waals surface area contributed by atoms with E-state index < -0.39 is 11.4 Å². The van der Waals surface area contributed by atoms with E-state index in [0.29, 0.717) is 0 Å². The summed E-state index contributed by atoms with van der Waals surface area (Å²) in [5, 5.41) is 16.6. The first-order chi connectivity index (χ1) is 14.1. The summed E-state index contributed by atoms with van der Waals surface area (Å²) in [6.45, 7) is 7.51. The van der Waals surface area contributed by atoms with Crippen molar-refractivity contribution in [1.82, 2.24) is 15.1 Å². The highest BCUT2D eigenvalue weighted by molar-refractivity contribution is 5.78. The maximum Gasteiger partial charge on any atom is 0.303 e. The Labute approximate surface area is 175 Å². The average molecular weight is 413 g/mol. The summed E-state index contributed by atoms with van der Waals surface area (Å²) in [4.78, 5) is 23.4. The Bertz CT molecular complexity index is 976. The Hall–Kier alpha value is -2.96. The standard InChI is InChI=1S/C23H28FN3O3/c1-14-22(15(2)27(26-14)19-9-6-17(24)7-10-19)16-5-8-18(11-16)25-20(28)12-23(3,4)13-21(29)30/h5-10,16,18H,11-13H2,1-4H3,(H,25,28)(H,29,30). The topological polar surface area (TPSA) is 84.2 Å². The van der Waals surface area contributed by atoms with Gasteiger partial charge in [0.15, 0.2) is 0 Å². The monoisotopic (exact) mass is 413 g/mol. The average Bonchev–Trinajstić information content (AvgIpc) is 3.17. The molecule has 1 aliphatic carbocycles. The van der Waals surface area contributed by atoms with Gasteiger partial charge in [-0.2, -0.15) is 5.10 Å². The third kappa shape index (κ3) is 4.96. The molecule has 2 unspecified atom stereocenters. The molecule has 2 aromatic rings. The molecular weight excluding hydrogens is 385 g/mol. The maximum absolute atomic E-state index is 13.2. The predicted octanol–water partition coefficient (Wildman–Crippen LogP) is 4.05. The number of aromatic nitrogens is 2. The van der Waals surface area contributed by atoms with Gasteiger partial charge in [0.2, 0.25) is 5.91 Å². The number of amides is 1. The van der Waals surface area contributed by atoms with E-state index in [1.54, 1.807) is 26.0 Å².